The summed E-state index contributed by atoms with van der Waals surface area (Å²) in [6.07, 6.45) is 2.17. The van der Waals surface area contributed by atoms with Gasteiger partial charge in [-0.3, -0.25) is 9.69 Å². The van der Waals surface area contributed by atoms with Crippen LogP contribution in [0.15, 0.2) is 24.3 Å². The van der Waals surface area contributed by atoms with Gasteiger partial charge < -0.3 is 9.64 Å². The van der Waals surface area contributed by atoms with Gasteiger partial charge >= 0.3 is 0 Å². The zero-order chi connectivity index (χ0) is 15.4. The lowest BCUT2D eigenvalue weighted by atomic mass is 9.95. The molecule has 0 spiro atoms. The quantitative estimate of drug-likeness (QED) is 0.857. The van der Waals surface area contributed by atoms with Crippen molar-refractivity contribution in [1.82, 2.24) is 9.80 Å². The molecule has 120 valence electrons. The molecule has 0 aliphatic carbocycles. The number of morpholine rings is 1. The van der Waals surface area contributed by atoms with Crippen LogP contribution in [0.4, 0.5) is 0 Å². The highest BCUT2D eigenvalue weighted by Crippen LogP contribution is 2.21. The number of carbonyl (C=O) groups is 1. The van der Waals surface area contributed by atoms with E-state index in [0.29, 0.717) is 16.5 Å². The third-order valence-electron chi connectivity index (χ3n) is 4.59. The molecule has 0 atom stereocenters. The van der Waals surface area contributed by atoms with E-state index in [-0.39, 0.29) is 5.91 Å². The lowest BCUT2D eigenvalue weighted by molar-refractivity contribution is 0.0243. The Kier molecular flexibility index (Phi) is 5.34. The molecule has 4 nitrogen and oxygen atoms in total. The summed E-state index contributed by atoms with van der Waals surface area (Å²) >= 11 is 5.97. The van der Waals surface area contributed by atoms with Crippen LogP contribution in [0.25, 0.3) is 0 Å². The molecule has 1 aromatic carbocycles. The topological polar surface area (TPSA) is 32.8 Å². The van der Waals surface area contributed by atoms with E-state index in [1.807, 2.05) is 17.0 Å². The molecule has 2 aliphatic rings. The second-order valence-corrected chi connectivity index (χ2v) is 6.60. The fourth-order valence-corrected chi connectivity index (χ4v) is 3.46. The van der Waals surface area contributed by atoms with E-state index in [2.05, 4.69) is 4.90 Å². The van der Waals surface area contributed by atoms with Crippen LogP contribution in [-0.4, -0.2) is 61.6 Å². The smallest absolute Gasteiger partial charge is 0.253 e. The number of likely N-dealkylation sites (tertiary alicyclic amines) is 1. The maximum Gasteiger partial charge on any atom is 0.253 e. The molecule has 1 amide bonds. The van der Waals surface area contributed by atoms with Crippen LogP contribution in [0, 0.1) is 5.92 Å². The molecule has 2 aliphatic heterocycles. The van der Waals surface area contributed by atoms with Crippen LogP contribution < -0.4 is 0 Å². The van der Waals surface area contributed by atoms with E-state index in [4.69, 9.17) is 16.3 Å². The van der Waals surface area contributed by atoms with E-state index >= 15 is 0 Å². The molecule has 22 heavy (non-hydrogen) atoms. The number of piperidine rings is 1. The van der Waals surface area contributed by atoms with Gasteiger partial charge in [-0.1, -0.05) is 17.7 Å². The van der Waals surface area contributed by atoms with E-state index < -0.39 is 0 Å². The number of hydrogen-bond acceptors (Lipinski definition) is 3. The van der Waals surface area contributed by atoms with Crippen LogP contribution in [-0.2, 0) is 4.74 Å². The van der Waals surface area contributed by atoms with Crippen molar-refractivity contribution in [1.29, 1.82) is 0 Å². The monoisotopic (exact) mass is 322 g/mol. The highest BCUT2D eigenvalue weighted by Gasteiger charge is 2.25. The Morgan fingerprint density at radius 2 is 1.91 bits per heavy atom. The Morgan fingerprint density at radius 3 is 2.59 bits per heavy atom. The molecule has 0 aromatic heterocycles. The Balaban J connectivity index is 1.49. The summed E-state index contributed by atoms with van der Waals surface area (Å²) in [5.41, 5.74) is 0.694. The Labute approximate surface area is 137 Å². The lowest BCUT2D eigenvalue weighted by Crippen LogP contribution is -2.44. The first-order chi connectivity index (χ1) is 10.7. The average Bonchev–Trinajstić information content (AvgIpc) is 2.56. The molecule has 0 radical (unpaired) electrons. The summed E-state index contributed by atoms with van der Waals surface area (Å²) in [6.45, 7) is 6.63. The van der Waals surface area contributed by atoms with Gasteiger partial charge in [0.05, 0.1) is 13.2 Å². The fraction of sp³-hybridized carbons (Fsp3) is 0.588. The van der Waals surface area contributed by atoms with Crippen molar-refractivity contribution in [2.75, 3.05) is 45.9 Å². The van der Waals surface area contributed by atoms with Crippen LogP contribution in [0.1, 0.15) is 23.2 Å². The minimum Gasteiger partial charge on any atom is -0.379 e. The van der Waals surface area contributed by atoms with Gasteiger partial charge in [-0.05, 0) is 37.0 Å². The molecule has 2 heterocycles. The highest BCUT2D eigenvalue weighted by molar-refractivity contribution is 6.30. The third kappa shape index (κ3) is 4.00. The number of amides is 1. The van der Waals surface area contributed by atoms with Crippen molar-refractivity contribution >= 4 is 17.5 Å². The van der Waals surface area contributed by atoms with Crippen molar-refractivity contribution in [2.24, 2.45) is 5.92 Å². The van der Waals surface area contributed by atoms with Gasteiger partial charge in [0, 0.05) is 43.3 Å². The van der Waals surface area contributed by atoms with Crippen molar-refractivity contribution in [3.63, 3.8) is 0 Å². The highest BCUT2D eigenvalue weighted by atomic mass is 35.5. The number of benzene rings is 1. The zero-order valence-electron chi connectivity index (χ0n) is 12.8. The summed E-state index contributed by atoms with van der Waals surface area (Å²) in [5.74, 6) is 0.800. The van der Waals surface area contributed by atoms with Gasteiger partial charge in [-0.15, -0.1) is 0 Å². The predicted octanol–water partition coefficient (Wildman–Crippen LogP) is 2.52. The minimum atomic E-state index is 0.104. The SMILES string of the molecule is O=C(c1cccc(Cl)c1)N1CCC(CN2CCOCC2)CC1. The summed E-state index contributed by atoms with van der Waals surface area (Å²) in [6, 6.07) is 7.23. The number of ether oxygens (including phenoxy) is 1. The summed E-state index contributed by atoms with van der Waals surface area (Å²) in [4.78, 5) is 16.9. The summed E-state index contributed by atoms with van der Waals surface area (Å²) in [7, 11) is 0. The van der Waals surface area contributed by atoms with Gasteiger partial charge in [0.2, 0.25) is 0 Å². The van der Waals surface area contributed by atoms with Crippen molar-refractivity contribution in [3.05, 3.63) is 34.9 Å². The van der Waals surface area contributed by atoms with Crippen LogP contribution >= 0.6 is 11.6 Å². The molecular weight excluding hydrogens is 300 g/mol. The number of nitrogens with zero attached hydrogens (tertiary/aromatic N) is 2. The van der Waals surface area contributed by atoms with Gasteiger partial charge in [0.1, 0.15) is 0 Å². The maximum absolute atomic E-state index is 12.5. The molecule has 5 heteroatoms. The number of rotatable bonds is 3. The predicted molar refractivity (Wildman–Crippen MR) is 87.3 cm³/mol. The van der Waals surface area contributed by atoms with Crippen molar-refractivity contribution in [2.45, 2.75) is 12.8 Å². The molecule has 0 bridgehead atoms. The van der Waals surface area contributed by atoms with Gasteiger partial charge in [-0.2, -0.15) is 0 Å². The molecular formula is C17H23ClN2O2. The molecule has 0 unspecified atom stereocenters. The zero-order valence-corrected chi connectivity index (χ0v) is 13.6. The average molecular weight is 323 g/mol. The Morgan fingerprint density at radius 1 is 1.18 bits per heavy atom. The van der Waals surface area contributed by atoms with Crippen LogP contribution in [0.2, 0.25) is 5.02 Å². The van der Waals surface area contributed by atoms with E-state index in [1.54, 1.807) is 12.1 Å². The number of hydrogen-bond donors (Lipinski definition) is 0. The van der Waals surface area contributed by atoms with E-state index in [9.17, 15) is 4.79 Å². The third-order valence-corrected chi connectivity index (χ3v) is 4.83. The van der Waals surface area contributed by atoms with Gasteiger partial charge in [-0.25, -0.2) is 0 Å². The minimum absolute atomic E-state index is 0.104. The van der Waals surface area contributed by atoms with Crippen molar-refractivity contribution in [3.8, 4) is 0 Å². The molecule has 3 rings (SSSR count). The molecule has 2 fully saturated rings. The standard InChI is InChI=1S/C17H23ClN2O2/c18-16-3-1-2-15(12-16)17(21)20-6-4-14(5-7-20)13-19-8-10-22-11-9-19/h1-3,12,14H,4-11,13H2. The second-order valence-electron chi connectivity index (χ2n) is 6.16. The first kappa shape index (κ1) is 15.8. The Hall–Kier alpha value is -1.10. The first-order valence-corrected chi connectivity index (χ1v) is 8.45. The molecule has 0 saturated carbocycles. The van der Waals surface area contributed by atoms with E-state index in [0.717, 1.165) is 58.8 Å². The fourth-order valence-electron chi connectivity index (χ4n) is 3.27. The van der Waals surface area contributed by atoms with Gasteiger partial charge in [0.25, 0.3) is 5.91 Å². The largest absolute Gasteiger partial charge is 0.379 e. The van der Waals surface area contributed by atoms with Crippen LogP contribution in [0.5, 0.6) is 0 Å². The second kappa shape index (κ2) is 7.44. The van der Waals surface area contributed by atoms with Crippen LogP contribution in [0.3, 0.4) is 0 Å². The van der Waals surface area contributed by atoms with Gasteiger partial charge in [0.15, 0.2) is 0 Å². The summed E-state index contributed by atoms with van der Waals surface area (Å²) in [5, 5.41) is 0.619. The normalized spacial score (nSPS) is 21.0. The van der Waals surface area contributed by atoms with Crippen molar-refractivity contribution < 1.29 is 9.53 Å². The van der Waals surface area contributed by atoms with E-state index in [1.165, 1.54) is 0 Å². The molecule has 1 aromatic rings. The maximum atomic E-state index is 12.5. The summed E-state index contributed by atoms with van der Waals surface area (Å²) < 4.78 is 5.39. The lowest BCUT2D eigenvalue weighted by Gasteiger charge is -2.36. The number of halogens is 1. The molecule has 0 N–H and O–H groups in total. The number of carbonyl (C=O) groups excluding carboxylic acids is 1. The molecule has 2 saturated heterocycles. The first-order valence-electron chi connectivity index (χ1n) is 8.07. The Bertz CT molecular complexity index is 509.